The van der Waals surface area contributed by atoms with E-state index in [1.54, 1.807) is 12.3 Å². The van der Waals surface area contributed by atoms with Crippen molar-refractivity contribution in [2.45, 2.75) is 19.9 Å². The molecule has 0 aliphatic heterocycles. The Morgan fingerprint density at radius 3 is 2.86 bits per heavy atom. The van der Waals surface area contributed by atoms with Crippen LogP contribution in [0.1, 0.15) is 16.0 Å². The molecule has 0 aliphatic carbocycles. The highest BCUT2D eigenvalue weighted by Crippen LogP contribution is 2.22. The third kappa shape index (κ3) is 4.36. The van der Waals surface area contributed by atoms with Gasteiger partial charge in [-0.3, -0.25) is 14.2 Å². The van der Waals surface area contributed by atoms with Crippen LogP contribution >= 0.6 is 22.9 Å². The van der Waals surface area contributed by atoms with Gasteiger partial charge >= 0.3 is 0 Å². The zero-order chi connectivity index (χ0) is 20.4. The molecule has 0 unspecified atom stereocenters. The van der Waals surface area contributed by atoms with E-state index in [0.717, 1.165) is 16.0 Å². The largest absolute Gasteiger partial charge is 0.300 e. The second kappa shape index (κ2) is 8.14. The SMILES string of the molecule is Cc1cccc2c(=O)n(CC(=O)Nc3ncc(Cc4cccc(Cl)c4)s3)cnc12. The number of nitrogens with one attached hydrogen (secondary N) is 1. The summed E-state index contributed by atoms with van der Waals surface area (Å²) in [5, 5.41) is 4.42. The van der Waals surface area contributed by atoms with Gasteiger partial charge in [0, 0.05) is 22.5 Å². The van der Waals surface area contributed by atoms with E-state index in [9.17, 15) is 9.59 Å². The fourth-order valence-electron chi connectivity index (χ4n) is 3.06. The Kier molecular flexibility index (Phi) is 5.42. The Labute approximate surface area is 175 Å². The van der Waals surface area contributed by atoms with E-state index >= 15 is 0 Å². The van der Waals surface area contributed by atoms with Gasteiger partial charge < -0.3 is 5.32 Å². The number of aryl methyl sites for hydroxylation is 1. The smallest absolute Gasteiger partial charge is 0.261 e. The first kappa shape index (κ1) is 19.3. The molecule has 0 saturated carbocycles. The number of para-hydroxylation sites is 1. The summed E-state index contributed by atoms with van der Waals surface area (Å²) < 4.78 is 1.30. The van der Waals surface area contributed by atoms with Crippen LogP contribution in [0.15, 0.2) is 59.8 Å². The van der Waals surface area contributed by atoms with Gasteiger partial charge in [-0.25, -0.2) is 9.97 Å². The molecule has 0 atom stereocenters. The predicted octanol–water partition coefficient (Wildman–Crippen LogP) is 4.04. The van der Waals surface area contributed by atoms with Crippen molar-refractivity contribution >= 4 is 44.9 Å². The van der Waals surface area contributed by atoms with Crippen molar-refractivity contribution in [3.8, 4) is 0 Å². The average molecular weight is 425 g/mol. The molecule has 1 amide bonds. The van der Waals surface area contributed by atoms with Gasteiger partial charge in [-0.1, -0.05) is 35.9 Å². The van der Waals surface area contributed by atoms with Gasteiger partial charge in [0.1, 0.15) is 6.54 Å². The van der Waals surface area contributed by atoms with E-state index in [-0.39, 0.29) is 18.0 Å². The fraction of sp³-hybridized carbons (Fsp3) is 0.143. The number of aromatic nitrogens is 3. The molecule has 2 aromatic heterocycles. The third-order valence-corrected chi connectivity index (χ3v) is 5.58. The number of benzene rings is 2. The first-order chi connectivity index (χ1) is 14.0. The zero-order valence-electron chi connectivity index (χ0n) is 15.6. The normalized spacial score (nSPS) is 11.0. The Morgan fingerprint density at radius 2 is 2.03 bits per heavy atom. The van der Waals surface area contributed by atoms with Crippen LogP contribution in [0.5, 0.6) is 0 Å². The van der Waals surface area contributed by atoms with E-state index in [1.807, 2.05) is 43.3 Å². The summed E-state index contributed by atoms with van der Waals surface area (Å²) in [6.07, 6.45) is 3.82. The van der Waals surface area contributed by atoms with Crippen molar-refractivity contribution in [2.24, 2.45) is 0 Å². The van der Waals surface area contributed by atoms with Crippen LogP contribution in [0.25, 0.3) is 10.9 Å². The summed E-state index contributed by atoms with van der Waals surface area (Å²) in [5.74, 6) is -0.329. The minimum absolute atomic E-state index is 0.126. The highest BCUT2D eigenvalue weighted by molar-refractivity contribution is 7.15. The van der Waals surface area contributed by atoms with Crippen LogP contribution < -0.4 is 10.9 Å². The lowest BCUT2D eigenvalue weighted by Crippen LogP contribution is -2.28. The third-order valence-electron chi connectivity index (χ3n) is 4.44. The second-order valence-electron chi connectivity index (χ2n) is 6.64. The van der Waals surface area contributed by atoms with Gasteiger partial charge in [0.2, 0.25) is 5.91 Å². The lowest BCUT2D eigenvalue weighted by Gasteiger charge is -2.07. The fourth-order valence-corrected chi connectivity index (χ4v) is 4.13. The predicted molar refractivity (Wildman–Crippen MR) is 116 cm³/mol. The molecule has 6 nitrogen and oxygen atoms in total. The minimum Gasteiger partial charge on any atom is -0.300 e. The number of nitrogens with zero attached hydrogens (tertiary/aromatic N) is 3. The summed E-state index contributed by atoms with van der Waals surface area (Å²) in [7, 11) is 0. The van der Waals surface area contributed by atoms with E-state index < -0.39 is 0 Å². The molecule has 0 fully saturated rings. The van der Waals surface area contributed by atoms with Crippen molar-refractivity contribution < 1.29 is 4.79 Å². The highest BCUT2D eigenvalue weighted by Gasteiger charge is 2.11. The average Bonchev–Trinajstić information content (AvgIpc) is 3.11. The van der Waals surface area contributed by atoms with Crippen molar-refractivity contribution in [2.75, 3.05) is 5.32 Å². The molecule has 29 heavy (non-hydrogen) atoms. The van der Waals surface area contributed by atoms with Crippen molar-refractivity contribution in [1.82, 2.24) is 14.5 Å². The number of fused-ring (bicyclic) bond motifs is 1. The Bertz CT molecular complexity index is 1270. The van der Waals surface area contributed by atoms with Crippen molar-refractivity contribution in [3.63, 3.8) is 0 Å². The zero-order valence-corrected chi connectivity index (χ0v) is 17.1. The minimum atomic E-state index is -0.329. The lowest BCUT2D eigenvalue weighted by atomic mass is 10.1. The number of carbonyl (C=O) groups is 1. The van der Waals surface area contributed by atoms with Gasteiger partial charge in [0.25, 0.3) is 5.56 Å². The van der Waals surface area contributed by atoms with E-state index in [0.29, 0.717) is 27.5 Å². The topological polar surface area (TPSA) is 76.9 Å². The molecule has 2 heterocycles. The maximum Gasteiger partial charge on any atom is 0.261 e. The van der Waals surface area contributed by atoms with E-state index in [1.165, 1.54) is 22.2 Å². The maximum atomic E-state index is 12.6. The monoisotopic (exact) mass is 424 g/mol. The van der Waals surface area contributed by atoms with Crippen LogP contribution in [-0.4, -0.2) is 20.4 Å². The second-order valence-corrected chi connectivity index (χ2v) is 8.19. The number of anilines is 1. The molecule has 2 aromatic carbocycles. The molecule has 0 aliphatic rings. The van der Waals surface area contributed by atoms with E-state index in [4.69, 9.17) is 11.6 Å². The molecule has 4 rings (SSSR count). The number of rotatable bonds is 5. The summed E-state index contributed by atoms with van der Waals surface area (Å²) in [6, 6.07) is 13.0. The summed E-state index contributed by atoms with van der Waals surface area (Å²) in [6.45, 7) is 1.77. The molecule has 0 saturated heterocycles. The van der Waals surface area contributed by atoms with Crippen LogP contribution in [0.2, 0.25) is 5.02 Å². The van der Waals surface area contributed by atoms with Crippen LogP contribution in [0.3, 0.4) is 0 Å². The molecular formula is C21H17ClN4O2S. The first-order valence-electron chi connectivity index (χ1n) is 8.93. The lowest BCUT2D eigenvalue weighted by molar-refractivity contribution is -0.116. The first-order valence-corrected chi connectivity index (χ1v) is 10.1. The van der Waals surface area contributed by atoms with E-state index in [2.05, 4.69) is 15.3 Å². The van der Waals surface area contributed by atoms with Gasteiger partial charge in [-0.05, 0) is 36.2 Å². The Hall–Kier alpha value is -3.03. The molecule has 0 radical (unpaired) electrons. The van der Waals surface area contributed by atoms with Crippen LogP contribution in [0, 0.1) is 6.92 Å². The summed E-state index contributed by atoms with van der Waals surface area (Å²) >= 11 is 7.41. The molecule has 0 bridgehead atoms. The number of hydrogen-bond donors (Lipinski definition) is 1. The quantitative estimate of drug-likeness (QED) is 0.524. The van der Waals surface area contributed by atoms with Gasteiger partial charge in [0.15, 0.2) is 5.13 Å². The van der Waals surface area contributed by atoms with Crippen LogP contribution in [0.4, 0.5) is 5.13 Å². The summed E-state index contributed by atoms with van der Waals surface area (Å²) in [4.78, 5) is 34.6. The Morgan fingerprint density at radius 1 is 1.21 bits per heavy atom. The number of carbonyl (C=O) groups excluding carboxylic acids is 1. The number of hydrogen-bond acceptors (Lipinski definition) is 5. The van der Waals surface area contributed by atoms with Gasteiger partial charge in [-0.15, -0.1) is 11.3 Å². The molecular weight excluding hydrogens is 408 g/mol. The van der Waals surface area contributed by atoms with Crippen LogP contribution in [-0.2, 0) is 17.8 Å². The molecule has 0 spiro atoms. The molecule has 4 aromatic rings. The Balaban J connectivity index is 1.45. The molecule has 1 N–H and O–H groups in total. The van der Waals surface area contributed by atoms with Crippen molar-refractivity contribution in [1.29, 1.82) is 0 Å². The van der Waals surface area contributed by atoms with Gasteiger partial charge in [0.05, 0.1) is 17.2 Å². The molecule has 8 heteroatoms. The standard InChI is InChI=1S/C21H17ClN4O2S/c1-13-4-2-7-17-19(13)24-12-26(20(17)28)11-18(27)25-21-23-10-16(29-21)9-14-5-3-6-15(22)8-14/h2-8,10,12H,9,11H2,1H3,(H,23,25,27). The number of halogens is 1. The summed E-state index contributed by atoms with van der Waals surface area (Å²) in [5.41, 5.74) is 2.41. The molecule has 146 valence electrons. The van der Waals surface area contributed by atoms with Gasteiger partial charge in [-0.2, -0.15) is 0 Å². The maximum absolute atomic E-state index is 12.6. The van der Waals surface area contributed by atoms with Crippen molar-refractivity contribution in [3.05, 3.63) is 86.4 Å². The number of amides is 1. The highest BCUT2D eigenvalue weighted by atomic mass is 35.5. The number of thiazole rings is 1.